The van der Waals surface area contributed by atoms with E-state index in [-0.39, 0.29) is 6.54 Å². The Hall–Kier alpha value is -1.30. The third-order valence-electron chi connectivity index (χ3n) is 3.37. The highest BCUT2D eigenvalue weighted by Gasteiger charge is 2.27. The molecule has 0 aliphatic heterocycles. The van der Waals surface area contributed by atoms with Crippen LogP contribution in [0.15, 0.2) is 41.4 Å². The standard InChI is InChI=1S/C15H21N3OS/c1-12-10-14(18(2)17-12)20-9-8-15(19,11-16)13-6-4-3-5-7-13/h3-7,10,19H,8-9,11,16H2,1-2H3. The topological polar surface area (TPSA) is 64.1 Å². The van der Waals surface area contributed by atoms with Crippen molar-refractivity contribution in [1.82, 2.24) is 9.78 Å². The van der Waals surface area contributed by atoms with Crippen LogP contribution in [0.2, 0.25) is 0 Å². The molecule has 1 aromatic heterocycles. The van der Waals surface area contributed by atoms with E-state index in [1.807, 2.05) is 49.0 Å². The molecule has 2 rings (SSSR count). The molecule has 0 bridgehead atoms. The van der Waals surface area contributed by atoms with Crippen molar-refractivity contribution in [3.63, 3.8) is 0 Å². The van der Waals surface area contributed by atoms with E-state index < -0.39 is 5.60 Å². The lowest BCUT2D eigenvalue weighted by Crippen LogP contribution is -2.35. The molecule has 0 saturated carbocycles. The maximum Gasteiger partial charge on any atom is 0.103 e. The summed E-state index contributed by atoms with van der Waals surface area (Å²) < 4.78 is 1.87. The van der Waals surface area contributed by atoms with Crippen LogP contribution in [-0.4, -0.2) is 27.2 Å². The number of nitrogens with two attached hydrogens (primary N) is 1. The first-order chi connectivity index (χ1) is 9.55. The molecule has 1 unspecified atom stereocenters. The first-order valence-electron chi connectivity index (χ1n) is 6.66. The number of nitrogens with zero attached hydrogens (tertiary/aromatic N) is 2. The van der Waals surface area contributed by atoms with E-state index in [4.69, 9.17) is 5.73 Å². The molecule has 20 heavy (non-hydrogen) atoms. The fraction of sp³-hybridized carbons (Fsp3) is 0.400. The number of benzene rings is 1. The van der Waals surface area contributed by atoms with Gasteiger partial charge in [0.15, 0.2) is 0 Å². The van der Waals surface area contributed by atoms with Crippen LogP contribution in [0.3, 0.4) is 0 Å². The van der Waals surface area contributed by atoms with Crippen LogP contribution in [-0.2, 0) is 12.6 Å². The molecule has 5 heteroatoms. The van der Waals surface area contributed by atoms with Crippen molar-refractivity contribution in [3.05, 3.63) is 47.7 Å². The highest BCUT2D eigenvalue weighted by molar-refractivity contribution is 7.99. The van der Waals surface area contributed by atoms with Crippen molar-refractivity contribution in [3.8, 4) is 0 Å². The summed E-state index contributed by atoms with van der Waals surface area (Å²) in [5.41, 5.74) is 6.70. The molecule has 2 aromatic rings. The van der Waals surface area contributed by atoms with Crippen LogP contribution < -0.4 is 5.73 Å². The quantitative estimate of drug-likeness (QED) is 0.800. The molecule has 3 N–H and O–H groups in total. The van der Waals surface area contributed by atoms with Crippen LogP contribution in [0.25, 0.3) is 0 Å². The van der Waals surface area contributed by atoms with Gasteiger partial charge in [-0.1, -0.05) is 30.3 Å². The number of hydrogen-bond donors (Lipinski definition) is 2. The Kier molecular flexibility index (Phi) is 4.86. The van der Waals surface area contributed by atoms with Gasteiger partial charge < -0.3 is 10.8 Å². The van der Waals surface area contributed by atoms with Gasteiger partial charge in [-0.2, -0.15) is 5.10 Å². The Balaban J connectivity index is 1.99. The first-order valence-corrected chi connectivity index (χ1v) is 7.65. The molecule has 0 aliphatic carbocycles. The molecular formula is C15H21N3OS. The van der Waals surface area contributed by atoms with E-state index in [0.29, 0.717) is 6.42 Å². The zero-order valence-electron chi connectivity index (χ0n) is 11.9. The predicted molar refractivity (Wildman–Crippen MR) is 82.7 cm³/mol. The average Bonchev–Trinajstić information content (AvgIpc) is 2.78. The van der Waals surface area contributed by atoms with Crippen molar-refractivity contribution in [1.29, 1.82) is 0 Å². The smallest absolute Gasteiger partial charge is 0.103 e. The number of aliphatic hydroxyl groups is 1. The average molecular weight is 291 g/mol. The molecule has 1 atom stereocenters. The van der Waals surface area contributed by atoms with Gasteiger partial charge in [-0.15, -0.1) is 11.8 Å². The summed E-state index contributed by atoms with van der Waals surface area (Å²) in [4.78, 5) is 0. The summed E-state index contributed by atoms with van der Waals surface area (Å²) in [7, 11) is 1.93. The number of rotatable bonds is 6. The minimum atomic E-state index is -0.956. The third kappa shape index (κ3) is 3.42. The molecule has 0 fully saturated rings. The van der Waals surface area contributed by atoms with Gasteiger partial charge in [0.05, 0.1) is 10.7 Å². The van der Waals surface area contributed by atoms with Crippen LogP contribution in [0, 0.1) is 6.92 Å². The molecule has 0 amide bonds. The summed E-state index contributed by atoms with van der Waals surface area (Å²) in [6, 6.07) is 11.7. The van der Waals surface area contributed by atoms with Gasteiger partial charge in [-0.25, -0.2) is 0 Å². The van der Waals surface area contributed by atoms with E-state index in [0.717, 1.165) is 22.0 Å². The second kappa shape index (κ2) is 6.43. The molecule has 0 saturated heterocycles. The van der Waals surface area contributed by atoms with E-state index in [2.05, 4.69) is 11.2 Å². The summed E-state index contributed by atoms with van der Waals surface area (Å²) in [6.45, 7) is 2.20. The van der Waals surface area contributed by atoms with Crippen LogP contribution in [0.5, 0.6) is 0 Å². The molecule has 108 valence electrons. The molecule has 0 radical (unpaired) electrons. The zero-order chi connectivity index (χ0) is 14.6. The maximum absolute atomic E-state index is 10.7. The molecule has 1 heterocycles. The van der Waals surface area contributed by atoms with E-state index in [1.165, 1.54) is 0 Å². The van der Waals surface area contributed by atoms with Crippen molar-refractivity contribution in [2.45, 2.75) is 24.0 Å². The fourth-order valence-corrected chi connectivity index (χ4v) is 3.29. The fourth-order valence-electron chi connectivity index (χ4n) is 2.16. The van der Waals surface area contributed by atoms with Crippen molar-refractivity contribution in [2.24, 2.45) is 12.8 Å². The van der Waals surface area contributed by atoms with Gasteiger partial charge in [0.2, 0.25) is 0 Å². The van der Waals surface area contributed by atoms with E-state index in [1.54, 1.807) is 11.8 Å². The predicted octanol–water partition coefficient (Wildman–Crippen LogP) is 2.06. The SMILES string of the molecule is Cc1cc(SCCC(O)(CN)c2ccccc2)n(C)n1. The lowest BCUT2D eigenvalue weighted by atomic mass is 9.91. The van der Waals surface area contributed by atoms with Crippen LogP contribution >= 0.6 is 11.8 Å². The van der Waals surface area contributed by atoms with Gasteiger partial charge in [0, 0.05) is 19.3 Å². The largest absolute Gasteiger partial charge is 0.384 e. The number of aryl methyl sites for hydroxylation is 2. The normalized spacial score (nSPS) is 14.2. The lowest BCUT2D eigenvalue weighted by Gasteiger charge is -2.27. The summed E-state index contributed by atoms with van der Waals surface area (Å²) in [5.74, 6) is 0.793. The number of hydrogen-bond acceptors (Lipinski definition) is 4. The summed E-state index contributed by atoms with van der Waals surface area (Å²) >= 11 is 1.69. The van der Waals surface area contributed by atoms with Crippen LogP contribution in [0.1, 0.15) is 17.7 Å². The number of thioether (sulfide) groups is 1. The van der Waals surface area contributed by atoms with Crippen LogP contribution in [0.4, 0.5) is 0 Å². The molecule has 1 aromatic carbocycles. The molecule has 0 aliphatic rings. The van der Waals surface area contributed by atoms with Crippen molar-refractivity contribution >= 4 is 11.8 Å². The monoisotopic (exact) mass is 291 g/mol. The Morgan fingerprint density at radius 2 is 2.05 bits per heavy atom. The van der Waals surface area contributed by atoms with Gasteiger partial charge in [0.25, 0.3) is 0 Å². The third-order valence-corrected chi connectivity index (χ3v) is 4.46. The Bertz CT molecular complexity index is 556. The van der Waals surface area contributed by atoms with E-state index in [9.17, 15) is 5.11 Å². The maximum atomic E-state index is 10.7. The highest BCUT2D eigenvalue weighted by atomic mass is 32.2. The minimum absolute atomic E-state index is 0.224. The molecule has 0 spiro atoms. The van der Waals surface area contributed by atoms with Gasteiger partial charge in [-0.05, 0) is 25.0 Å². The Labute approximate surface area is 124 Å². The second-order valence-corrected chi connectivity index (χ2v) is 6.06. The summed E-state index contributed by atoms with van der Waals surface area (Å²) in [6.07, 6.45) is 0.613. The van der Waals surface area contributed by atoms with Gasteiger partial charge in [0.1, 0.15) is 5.60 Å². The summed E-state index contributed by atoms with van der Waals surface area (Å²) in [5, 5.41) is 16.1. The zero-order valence-corrected chi connectivity index (χ0v) is 12.7. The highest BCUT2D eigenvalue weighted by Crippen LogP contribution is 2.28. The Morgan fingerprint density at radius 1 is 1.35 bits per heavy atom. The second-order valence-electron chi connectivity index (χ2n) is 4.95. The molecular weight excluding hydrogens is 270 g/mol. The number of aromatic nitrogens is 2. The van der Waals surface area contributed by atoms with Gasteiger partial charge in [-0.3, -0.25) is 4.68 Å². The van der Waals surface area contributed by atoms with Crippen molar-refractivity contribution < 1.29 is 5.11 Å². The minimum Gasteiger partial charge on any atom is -0.384 e. The van der Waals surface area contributed by atoms with Gasteiger partial charge >= 0.3 is 0 Å². The van der Waals surface area contributed by atoms with E-state index >= 15 is 0 Å². The molecule has 4 nitrogen and oxygen atoms in total. The lowest BCUT2D eigenvalue weighted by molar-refractivity contribution is 0.0431. The first kappa shape index (κ1) is 15.1. The van der Waals surface area contributed by atoms with Crippen molar-refractivity contribution in [2.75, 3.05) is 12.3 Å². The Morgan fingerprint density at radius 3 is 2.60 bits per heavy atom.